The van der Waals surface area contributed by atoms with Gasteiger partial charge in [-0.2, -0.15) is 0 Å². The highest BCUT2D eigenvalue weighted by molar-refractivity contribution is 5.94. The van der Waals surface area contributed by atoms with E-state index in [2.05, 4.69) is 28.9 Å². The van der Waals surface area contributed by atoms with E-state index in [0.29, 0.717) is 6.04 Å². The van der Waals surface area contributed by atoms with Crippen molar-refractivity contribution in [2.45, 2.75) is 83.6 Å². The predicted octanol–water partition coefficient (Wildman–Crippen LogP) is 5.29. The van der Waals surface area contributed by atoms with Crippen LogP contribution in [0.15, 0.2) is 24.3 Å². The van der Waals surface area contributed by atoms with Crippen LogP contribution in [-0.4, -0.2) is 47.9 Å². The van der Waals surface area contributed by atoms with Crippen molar-refractivity contribution in [3.05, 3.63) is 35.4 Å². The number of amides is 1. The summed E-state index contributed by atoms with van der Waals surface area (Å²) in [6, 6.07) is 9.10. The van der Waals surface area contributed by atoms with Crippen molar-refractivity contribution in [1.29, 1.82) is 0 Å². The maximum absolute atomic E-state index is 12.8. The monoisotopic (exact) mass is 370 g/mol. The average Bonchev–Trinajstić information content (AvgIpc) is 2.74. The zero-order valence-corrected chi connectivity index (χ0v) is 17.3. The van der Waals surface area contributed by atoms with Gasteiger partial charge < -0.3 is 9.80 Å². The summed E-state index contributed by atoms with van der Waals surface area (Å²) in [5.74, 6) is 0.224. The third-order valence-electron chi connectivity index (χ3n) is 6.43. The third-order valence-corrected chi connectivity index (χ3v) is 6.43. The molecule has 3 nitrogen and oxygen atoms in total. The first kappa shape index (κ1) is 20.4. The first-order valence-corrected chi connectivity index (χ1v) is 11.4. The molecule has 0 aromatic heterocycles. The molecule has 1 aromatic carbocycles. The Morgan fingerprint density at radius 2 is 1.56 bits per heavy atom. The van der Waals surface area contributed by atoms with Crippen LogP contribution >= 0.6 is 0 Å². The second-order valence-electron chi connectivity index (χ2n) is 8.48. The Morgan fingerprint density at radius 1 is 0.889 bits per heavy atom. The molecule has 150 valence electrons. The Balaban J connectivity index is 1.42. The SMILES string of the molecule is CCCCCCCc1ccc(C(=O)N2CCC(N3CCCCC3)CC2)cc1. The molecular weight excluding hydrogens is 332 g/mol. The molecule has 0 aliphatic carbocycles. The topological polar surface area (TPSA) is 23.6 Å². The zero-order valence-electron chi connectivity index (χ0n) is 17.3. The van der Waals surface area contributed by atoms with Gasteiger partial charge in [0.2, 0.25) is 0 Å². The van der Waals surface area contributed by atoms with E-state index < -0.39 is 0 Å². The van der Waals surface area contributed by atoms with Crippen LogP contribution in [0, 0.1) is 0 Å². The molecule has 0 saturated carbocycles. The van der Waals surface area contributed by atoms with Crippen molar-refractivity contribution < 1.29 is 4.79 Å². The fourth-order valence-electron chi connectivity index (χ4n) is 4.65. The Labute approximate surface area is 166 Å². The highest BCUT2D eigenvalue weighted by Gasteiger charge is 2.27. The van der Waals surface area contributed by atoms with Crippen LogP contribution in [0.3, 0.4) is 0 Å². The van der Waals surface area contributed by atoms with Gasteiger partial charge in [-0.3, -0.25) is 4.79 Å². The zero-order chi connectivity index (χ0) is 18.9. The lowest BCUT2D eigenvalue weighted by Gasteiger charge is -2.40. The number of unbranched alkanes of at least 4 members (excludes halogenated alkanes) is 4. The van der Waals surface area contributed by atoms with Crippen LogP contribution < -0.4 is 0 Å². The minimum atomic E-state index is 0.224. The summed E-state index contributed by atoms with van der Waals surface area (Å²) >= 11 is 0. The van der Waals surface area contributed by atoms with Gasteiger partial charge in [0.05, 0.1) is 0 Å². The van der Waals surface area contributed by atoms with Crippen molar-refractivity contribution in [2.24, 2.45) is 0 Å². The van der Waals surface area contributed by atoms with Gasteiger partial charge in [-0.05, 0) is 69.3 Å². The number of benzene rings is 1. The molecule has 2 saturated heterocycles. The Bertz CT molecular complexity index is 554. The highest BCUT2D eigenvalue weighted by atomic mass is 16.2. The molecule has 0 N–H and O–H groups in total. The van der Waals surface area contributed by atoms with E-state index in [1.54, 1.807) is 0 Å². The van der Waals surface area contributed by atoms with Crippen molar-refractivity contribution in [1.82, 2.24) is 9.80 Å². The van der Waals surface area contributed by atoms with Crippen LogP contribution in [0.2, 0.25) is 0 Å². The summed E-state index contributed by atoms with van der Waals surface area (Å²) in [4.78, 5) is 17.6. The number of carbonyl (C=O) groups excluding carboxylic acids is 1. The van der Waals surface area contributed by atoms with Gasteiger partial charge in [0.25, 0.3) is 5.91 Å². The molecule has 2 heterocycles. The Hall–Kier alpha value is -1.35. The van der Waals surface area contributed by atoms with E-state index in [-0.39, 0.29) is 5.91 Å². The molecule has 0 bridgehead atoms. The van der Waals surface area contributed by atoms with Gasteiger partial charge in [0.1, 0.15) is 0 Å². The van der Waals surface area contributed by atoms with Crippen molar-refractivity contribution in [2.75, 3.05) is 26.2 Å². The van der Waals surface area contributed by atoms with Crippen LogP contribution in [0.5, 0.6) is 0 Å². The van der Waals surface area contributed by atoms with Crippen LogP contribution in [0.1, 0.15) is 87.1 Å². The Kier molecular flexibility index (Phi) is 8.19. The van der Waals surface area contributed by atoms with Gasteiger partial charge in [0.15, 0.2) is 0 Å². The smallest absolute Gasteiger partial charge is 0.253 e. The predicted molar refractivity (Wildman–Crippen MR) is 113 cm³/mol. The molecule has 0 radical (unpaired) electrons. The molecular formula is C24H38N2O. The minimum Gasteiger partial charge on any atom is -0.339 e. The molecule has 0 atom stereocenters. The average molecular weight is 371 g/mol. The van der Waals surface area contributed by atoms with E-state index in [1.807, 2.05) is 12.1 Å². The van der Waals surface area contributed by atoms with E-state index in [1.165, 1.54) is 70.0 Å². The standard InChI is InChI=1S/C24H38N2O/c1-2-3-4-5-7-10-21-11-13-22(14-12-21)24(27)26-19-15-23(16-20-26)25-17-8-6-9-18-25/h11-14,23H,2-10,15-20H2,1H3. The number of aryl methyl sites for hydroxylation is 1. The summed E-state index contributed by atoms with van der Waals surface area (Å²) < 4.78 is 0. The van der Waals surface area contributed by atoms with Crippen LogP contribution in [0.4, 0.5) is 0 Å². The molecule has 27 heavy (non-hydrogen) atoms. The number of nitrogens with zero attached hydrogens (tertiary/aromatic N) is 2. The van der Waals surface area contributed by atoms with Crippen LogP contribution in [0.25, 0.3) is 0 Å². The first-order chi connectivity index (χ1) is 13.3. The van der Waals surface area contributed by atoms with E-state index in [0.717, 1.165) is 37.9 Å². The molecule has 2 aliphatic rings. The maximum atomic E-state index is 12.8. The molecule has 1 aromatic rings. The van der Waals surface area contributed by atoms with E-state index in [9.17, 15) is 4.79 Å². The van der Waals surface area contributed by atoms with E-state index in [4.69, 9.17) is 0 Å². The quantitative estimate of drug-likeness (QED) is 0.581. The number of likely N-dealkylation sites (tertiary alicyclic amines) is 2. The fourth-order valence-corrected chi connectivity index (χ4v) is 4.65. The van der Waals surface area contributed by atoms with Gasteiger partial charge in [-0.1, -0.05) is 51.2 Å². The summed E-state index contributed by atoms with van der Waals surface area (Å²) in [7, 11) is 0. The lowest BCUT2D eigenvalue weighted by molar-refractivity contribution is 0.0590. The Morgan fingerprint density at radius 3 is 2.22 bits per heavy atom. The van der Waals surface area contributed by atoms with Crippen LogP contribution in [-0.2, 0) is 6.42 Å². The minimum absolute atomic E-state index is 0.224. The number of piperidine rings is 2. The van der Waals surface area contributed by atoms with E-state index >= 15 is 0 Å². The molecule has 0 unspecified atom stereocenters. The molecule has 3 rings (SSSR count). The third kappa shape index (κ3) is 6.07. The largest absolute Gasteiger partial charge is 0.339 e. The van der Waals surface area contributed by atoms with Gasteiger partial charge in [0, 0.05) is 24.7 Å². The van der Waals surface area contributed by atoms with Gasteiger partial charge in [-0.15, -0.1) is 0 Å². The molecule has 2 fully saturated rings. The number of carbonyl (C=O) groups is 1. The summed E-state index contributed by atoms with van der Waals surface area (Å²) in [6.07, 6.45) is 14.1. The summed E-state index contributed by atoms with van der Waals surface area (Å²) in [6.45, 7) is 6.61. The maximum Gasteiger partial charge on any atom is 0.253 e. The normalized spacial score (nSPS) is 19.4. The number of hydrogen-bond donors (Lipinski definition) is 0. The second-order valence-corrected chi connectivity index (χ2v) is 8.48. The molecule has 3 heteroatoms. The summed E-state index contributed by atoms with van der Waals surface area (Å²) in [5.41, 5.74) is 2.23. The van der Waals surface area contributed by atoms with Crippen molar-refractivity contribution in [3.8, 4) is 0 Å². The molecule has 2 aliphatic heterocycles. The highest BCUT2D eigenvalue weighted by Crippen LogP contribution is 2.22. The van der Waals surface area contributed by atoms with Crippen molar-refractivity contribution in [3.63, 3.8) is 0 Å². The lowest BCUT2D eigenvalue weighted by Crippen LogP contribution is -2.48. The first-order valence-electron chi connectivity index (χ1n) is 11.4. The fraction of sp³-hybridized carbons (Fsp3) is 0.708. The number of hydrogen-bond acceptors (Lipinski definition) is 2. The lowest BCUT2D eigenvalue weighted by atomic mass is 9.99. The summed E-state index contributed by atoms with van der Waals surface area (Å²) in [5, 5.41) is 0. The van der Waals surface area contributed by atoms with Gasteiger partial charge >= 0.3 is 0 Å². The molecule has 1 amide bonds. The number of rotatable bonds is 8. The van der Waals surface area contributed by atoms with Gasteiger partial charge in [-0.25, -0.2) is 0 Å². The second kappa shape index (κ2) is 10.8. The van der Waals surface area contributed by atoms with Crippen molar-refractivity contribution >= 4 is 5.91 Å². The molecule has 0 spiro atoms.